The summed E-state index contributed by atoms with van der Waals surface area (Å²) < 4.78 is 0. The minimum absolute atomic E-state index is 0.140. The number of aryl methyl sites for hydroxylation is 1. The van der Waals surface area contributed by atoms with Gasteiger partial charge in [0.25, 0.3) is 0 Å². The smallest absolute Gasteiger partial charge is 0.168 e. The summed E-state index contributed by atoms with van der Waals surface area (Å²) >= 11 is 1.56. The van der Waals surface area contributed by atoms with Crippen molar-refractivity contribution in [3.05, 3.63) is 76.7 Å². The highest BCUT2D eigenvalue weighted by atomic mass is 32.1. The van der Waals surface area contributed by atoms with Crippen LogP contribution in [-0.4, -0.2) is 16.0 Å². The number of para-hydroxylation sites is 1. The van der Waals surface area contributed by atoms with Gasteiger partial charge < -0.3 is 0 Å². The average molecular weight is 332 g/mol. The summed E-state index contributed by atoms with van der Waals surface area (Å²) in [6.45, 7) is 2.05. The zero-order valence-corrected chi connectivity index (χ0v) is 14.1. The van der Waals surface area contributed by atoms with E-state index in [1.807, 2.05) is 66.9 Å². The molecule has 4 aromatic rings. The van der Waals surface area contributed by atoms with Crippen LogP contribution in [0.2, 0.25) is 0 Å². The molecule has 0 amide bonds. The Kier molecular flexibility index (Phi) is 3.75. The number of fused-ring (bicyclic) bond motifs is 1. The Labute approximate surface area is 144 Å². The van der Waals surface area contributed by atoms with Crippen LogP contribution < -0.4 is 0 Å². The first kappa shape index (κ1) is 14.8. The van der Waals surface area contributed by atoms with Crippen molar-refractivity contribution in [3.63, 3.8) is 0 Å². The normalized spacial score (nSPS) is 11.0. The molecule has 118 valence electrons. The topological polar surface area (TPSA) is 45.8 Å². The largest absolute Gasteiger partial charge is 0.294 e. The quantitative estimate of drug-likeness (QED) is 0.533. The number of nitrogens with zero attached hydrogens (tertiary/aromatic N) is 1. The van der Waals surface area contributed by atoms with Gasteiger partial charge in [0.15, 0.2) is 5.78 Å². The van der Waals surface area contributed by atoms with E-state index in [2.05, 4.69) is 10.2 Å². The fraction of sp³-hybridized carbons (Fsp3) is 0.100. The van der Waals surface area contributed by atoms with Crippen molar-refractivity contribution in [3.8, 4) is 10.6 Å². The van der Waals surface area contributed by atoms with E-state index < -0.39 is 0 Å². The summed E-state index contributed by atoms with van der Waals surface area (Å²) in [6.07, 6.45) is 0.428. The van der Waals surface area contributed by atoms with Gasteiger partial charge in [-0.25, -0.2) is 0 Å². The van der Waals surface area contributed by atoms with Crippen LogP contribution in [-0.2, 0) is 6.42 Å². The van der Waals surface area contributed by atoms with E-state index in [4.69, 9.17) is 0 Å². The Morgan fingerprint density at radius 1 is 1.12 bits per heavy atom. The van der Waals surface area contributed by atoms with Gasteiger partial charge in [-0.1, -0.05) is 48.0 Å². The molecule has 0 aliphatic heterocycles. The van der Waals surface area contributed by atoms with Crippen LogP contribution in [0.25, 0.3) is 21.5 Å². The first-order valence-electron chi connectivity index (χ1n) is 7.81. The lowest BCUT2D eigenvalue weighted by Gasteiger charge is -2.00. The second-order valence-corrected chi connectivity index (χ2v) is 6.81. The van der Waals surface area contributed by atoms with Gasteiger partial charge in [0.2, 0.25) is 0 Å². The number of hydrogen-bond acceptors (Lipinski definition) is 3. The molecule has 0 unspecified atom stereocenters. The fourth-order valence-corrected chi connectivity index (χ4v) is 3.67. The molecule has 2 aromatic carbocycles. The number of aromatic nitrogens is 2. The molecule has 0 aliphatic rings. The fourth-order valence-electron chi connectivity index (χ4n) is 2.75. The number of carbonyl (C=O) groups is 1. The van der Waals surface area contributed by atoms with Gasteiger partial charge in [-0.05, 0) is 24.6 Å². The third-order valence-electron chi connectivity index (χ3n) is 4.11. The molecule has 3 nitrogen and oxygen atoms in total. The molecule has 0 radical (unpaired) electrons. The molecule has 0 fully saturated rings. The summed E-state index contributed by atoms with van der Waals surface area (Å²) in [6, 6.07) is 18.1. The van der Waals surface area contributed by atoms with Gasteiger partial charge in [0.05, 0.1) is 10.4 Å². The zero-order valence-electron chi connectivity index (χ0n) is 13.2. The number of rotatable bonds is 4. The molecule has 24 heavy (non-hydrogen) atoms. The van der Waals surface area contributed by atoms with Gasteiger partial charge >= 0.3 is 0 Å². The molecular weight excluding hydrogens is 316 g/mol. The number of hydrogen-bond donors (Lipinski definition) is 1. The van der Waals surface area contributed by atoms with Gasteiger partial charge in [-0.15, -0.1) is 11.3 Å². The van der Waals surface area contributed by atoms with E-state index in [0.29, 0.717) is 6.42 Å². The van der Waals surface area contributed by atoms with Crippen LogP contribution in [0.4, 0.5) is 0 Å². The van der Waals surface area contributed by atoms with E-state index in [1.165, 1.54) is 5.56 Å². The van der Waals surface area contributed by atoms with Gasteiger partial charge in [-0.2, -0.15) is 5.10 Å². The minimum atomic E-state index is 0.140. The summed E-state index contributed by atoms with van der Waals surface area (Å²) in [5.41, 5.74) is 4.92. The van der Waals surface area contributed by atoms with E-state index >= 15 is 0 Å². The Balaban J connectivity index is 1.60. The average Bonchev–Trinajstić information content (AvgIpc) is 3.23. The monoisotopic (exact) mass is 332 g/mol. The first-order chi connectivity index (χ1) is 11.7. The maximum atomic E-state index is 12.5. The number of benzene rings is 2. The lowest BCUT2D eigenvalue weighted by molar-refractivity contribution is 0.0993. The van der Waals surface area contributed by atoms with Gasteiger partial charge in [-0.3, -0.25) is 9.89 Å². The molecular formula is C20H16N2OS. The van der Waals surface area contributed by atoms with Crippen LogP contribution >= 0.6 is 11.3 Å². The number of carbonyl (C=O) groups excluding carboxylic acids is 1. The van der Waals surface area contributed by atoms with E-state index in [-0.39, 0.29) is 5.78 Å². The van der Waals surface area contributed by atoms with Crippen LogP contribution in [0.1, 0.15) is 21.5 Å². The summed E-state index contributed by atoms with van der Waals surface area (Å²) in [5, 5.41) is 10.5. The summed E-state index contributed by atoms with van der Waals surface area (Å²) in [5.74, 6) is 0.140. The van der Waals surface area contributed by atoms with Crippen LogP contribution in [0.3, 0.4) is 0 Å². The number of thiophene rings is 1. The summed E-state index contributed by atoms with van der Waals surface area (Å²) in [4.78, 5) is 13.5. The van der Waals surface area contributed by atoms with Crippen LogP contribution in [0.15, 0.2) is 60.0 Å². The highest BCUT2D eigenvalue weighted by Crippen LogP contribution is 2.31. The van der Waals surface area contributed by atoms with Crippen LogP contribution in [0, 0.1) is 6.92 Å². The van der Waals surface area contributed by atoms with Crippen molar-refractivity contribution in [1.29, 1.82) is 0 Å². The van der Waals surface area contributed by atoms with E-state index in [9.17, 15) is 4.79 Å². The van der Waals surface area contributed by atoms with Crippen LogP contribution in [0.5, 0.6) is 0 Å². The first-order valence-corrected chi connectivity index (χ1v) is 8.69. The standard InChI is InChI=1S/C20H16N2OS/c1-13-6-8-14(9-7-13)10-18(23)15-11-19(24-12-15)20-16-4-2-3-5-17(16)21-22-20/h2-9,11-12H,10H2,1H3,(H,21,22). The van der Waals surface area contributed by atoms with E-state index in [1.54, 1.807) is 11.3 Å². The molecule has 0 aliphatic carbocycles. The molecule has 4 heteroatoms. The van der Waals surface area contributed by atoms with E-state index in [0.717, 1.165) is 32.6 Å². The third kappa shape index (κ3) is 2.76. The molecule has 2 heterocycles. The maximum Gasteiger partial charge on any atom is 0.168 e. The van der Waals surface area contributed by atoms with Crippen molar-refractivity contribution < 1.29 is 4.79 Å². The predicted molar refractivity (Wildman–Crippen MR) is 98.6 cm³/mol. The second-order valence-electron chi connectivity index (χ2n) is 5.90. The number of Topliss-reactive ketones (excluding diaryl/α,β-unsaturated/α-hetero) is 1. The van der Waals surface area contributed by atoms with Crippen molar-refractivity contribution >= 4 is 28.0 Å². The molecule has 1 N–H and O–H groups in total. The van der Waals surface area contributed by atoms with Crippen molar-refractivity contribution in [2.75, 3.05) is 0 Å². The van der Waals surface area contributed by atoms with Gasteiger partial charge in [0.1, 0.15) is 5.69 Å². The molecule has 0 saturated carbocycles. The van der Waals surface area contributed by atoms with Gasteiger partial charge in [0, 0.05) is 22.8 Å². The molecule has 0 spiro atoms. The highest BCUT2D eigenvalue weighted by molar-refractivity contribution is 7.14. The maximum absolute atomic E-state index is 12.5. The second kappa shape index (κ2) is 6.06. The Morgan fingerprint density at radius 2 is 1.92 bits per heavy atom. The lowest BCUT2D eigenvalue weighted by atomic mass is 10.0. The Bertz CT molecular complexity index is 1010. The molecule has 0 atom stereocenters. The number of H-pyrrole nitrogens is 1. The Hall–Kier alpha value is -2.72. The molecule has 0 saturated heterocycles. The van der Waals surface area contributed by atoms with Crippen molar-refractivity contribution in [1.82, 2.24) is 10.2 Å². The molecule has 2 aromatic heterocycles. The van der Waals surface area contributed by atoms with Crippen molar-refractivity contribution in [2.24, 2.45) is 0 Å². The lowest BCUT2D eigenvalue weighted by Crippen LogP contribution is -2.01. The SMILES string of the molecule is Cc1ccc(CC(=O)c2csc(-c3n[nH]c4ccccc34)c2)cc1. The summed E-state index contributed by atoms with van der Waals surface area (Å²) in [7, 11) is 0. The zero-order chi connectivity index (χ0) is 16.5. The minimum Gasteiger partial charge on any atom is -0.294 e. The van der Waals surface area contributed by atoms with Crippen molar-refractivity contribution in [2.45, 2.75) is 13.3 Å². The number of aromatic amines is 1. The number of nitrogens with one attached hydrogen (secondary N) is 1. The Morgan fingerprint density at radius 3 is 2.75 bits per heavy atom. The highest BCUT2D eigenvalue weighted by Gasteiger charge is 2.14. The predicted octanol–water partition coefficient (Wildman–Crippen LogP) is 5.03. The number of ketones is 1. The molecule has 0 bridgehead atoms. The molecule has 4 rings (SSSR count). The third-order valence-corrected chi connectivity index (χ3v) is 5.05.